The molecule has 2 atom stereocenters. The zero-order valence-electron chi connectivity index (χ0n) is 19.8. The maximum atomic E-state index is 11.4. The van der Waals surface area contributed by atoms with Gasteiger partial charge in [0.2, 0.25) is 11.5 Å². The summed E-state index contributed by atoms with van der Waals surface area (Å²) >= 11 is 3.71. The van der Waals surface area contributed by atoms with Gasteiger partial charge >= 0.3 is 0 Å². The molecule has 8 heteroatoms. The summed E-state index contributed by atoms with van der Waals surface area (Å²) in [6.07, 6.45) is 0.950. The number of ether oxygens (including phenoxy) is 6. The second-order valence-electron chi connectivity index (χ2n) is 8.09. The van der Waals surface area contributed by atoms with E-state index in [4.69, 9.17) is 28.4 Å². The minimum Gasteiger partial charge on any atom is -0.493 e. The number of hydrogen-bond donors (Lipinski definition) is 1. The highest BCUT2D eigenvalue weighted by molar-refractivity contribution is 9.10. The number of fused-ring (bicyclic) bond motifs is 3. The van der Waals surface area contributed by atoms with Crippen molar-refractivity contribution in [2.45, 2.75) is 32.3 Å². The molecule has 0 saturated heterocycles. The van der Waals surface area contributed by atoms with Crippen LogP contribution in [0.4, 0.5) is 0 Å². The van der Waals surface area contributed by atoms with E-state index in [1.54, 1.807) is 42.7 Å². The van der Waals surface area contributed by atoms with E-state index >= 15 is 0 Å². The molecule has 2 aromatic rings. The third-order valence-corrected chi connectivity index (χ3v) is 7.14. The van der Waals surface area contributed by atoms with Gasteiger partial charge in [0.25, 0.3) is 0 Å². The molecule has 2 aromatic carbocycles. The van der Waals surface area contributed by atoms with E-state index in [1.165, 1.54) is 0 Å². The molecule has 0 aromatic heterocycles. The van der Waals surface area contributed by atoms with Crippen molar-refractivity contribution in [3.05, 3.63) is 21.7 Å². The lowest BCUT2D eigenvalue weighted by Gasteiger charge is -2.36. The van der Waals surface area contributed by atoms with Crippen LogP contribution in [-0.4, -0.2) is 53.4 Å². The number of rotatable bonds is 6. The Morgan fingerprint density at radius 2 is 1.34 bits per heavy atom. The number of methoxy groups -OCH3 is 6. The largest absolute Gasteiger partial charge is 0.493 e. The summed E-state index contributed by atoms with van der Waals surface area (Å²) in [4.78, 5) is 0. The van der Waals surface area contributed by atoms with Crippen molar-refractivity contribution in [2.75, 3.05) is 42.7 Å². The standard InChI is InChI=1S/C24H31BrO7/c1-12-9-13-10-15(27-3)19(28-4)20(29-5)16(13)17-14(11-24(12,2)26)18(25)22(31-7)23(32-8)21(17)30-6/h10,12,26H,9,11H2,1-8H3/t12-,24-/m1/s1. The average molecular weight is 511 g/mol. The van der Waals surface area contributed by atoms with Gasteiger partial charge in [0.15, 0.2) is 23.0 Å². The highest BCUT2D eigenvalue weighted by atomic mass is 79.9. The first kappa shape index (κ1) is 24.3. The molecule has 0 radical (unpaired) electrons. The summed E-state index contributed by atoms with van der Waals surface area (Å²) in [6.45, 7) is 3.88. The van der Waals surface area contributed by atoms with E-state index in [-0.39, 0.29) is 5.92 Å². The maximum Gasteiger partial charge on any atom is 0.205 e. The Bertz CT molecular complexity index is 1020. The van der Waals surface area contributed by atoms with Gasteiger partial charge in [-0.05, 0) is 52.4 Å². The quantitative estimate of drug-likeness (QED) is 0.605. The first-order chi connectivity index (χ1) is 15.2. The lowest BCUT2D eigenvalue weighted by atomic mass is 9.75. The highest BCUT2D eigenvalue weighted by Gasteiger charge is 2.39. The van der Waals surface area contributed by atoms with Crippen LogP contribution in [0.1, 0.15) is 25.0 Å². The van der Waals surface area contributed by atoms with Gasteiger partial charge in [0.1, 0.15) is 0 Å². The summed E-state index contributed by atoms with van der Waals surface area (Å²) in [6, 6.07) is 1.93. The maximum absolute atomic E-state index is 11.4. The Morgan fingerprint density at radius 1 is 0.812 bits per heavy atom. The second-order valence-corrected chi connectivity index (χ2v) is 8.88. The van der Waals surface area contributed by atoms with Crippen molar-refractivity contribution in [3.63, 3.8) is 0 Å². The normalized spacial score (nSPS) is 19.8. The molecule has 0 saturated carbocycles. The lowest BCUT2D eigenvalue weighted by Crippen LogP contribution is -2.38. The zero-order valence-corrected chi connectivity index (χ0v) is 21.4. The molecule has 0 amide bonds. The molecule has 32 heavy (non-hydrogen) atoms. The number of hydrogen-bond acceptors (Lipinski definition) is 7. The fourth-order valence-corrected chi connectivity index (χ4v) is 5.10. The second kappa shape index (κ2) is 9.27. The molecular formula is C24H31BrO7. The van der Waals surface area contributed by atoms with Crippen LogP contribution in [0.25, 0.3) is 11.1 Å². The minimum absolute atomic E-state index is 0.0665. The van der Waals surface area contributed by atoms with Crippen LogP contribution in [0.2, 0.25) is 0 Å². The zero-order chi connectivity index (χ0) is 23.8. The van der Waals surface area contributed by atoms with Crippen molar-refractivity contribution < 1.29 is 33.5 Å². The Kier molecular flexibility index (Phi) is 7.05. The molecule has 0 spiro atoms. The first-order valence-corrected chi connectivity index (χ1v) is 11.0. The van der Waals surface area contributed by atoms with E-state index in [0.29, 0.717) is 51.8 Å². The number of aliphatic hydroxyl groups is 1. The third-order valence-electron chi connectivity index (χ3n) is 6.30. The van der Waals surface area contributed by atoms with Crippen molar-refractivity contribution in [1.82, 2.24) is 0 Å². The predicted molar refractivity (Wildman–Crippen MR) is 126 cm³/mol. The van der Waals surface area contributed by atoms with Gasteiger partial charge in [-0.1, -0.05) is 6.92 Å². The van der Waals surface area contributed by atoms with Crippen LogP contribution in [0.3, 0.4) is 0 Å². The fourth-order valence-electron chi connectivity index (χ4n) is 4.42. The van der Waals surface area contributed by atoms with Crippen molar-refractivity contribution >= 4 is 15.9 Å². The van der Waals surface area contributed by atoms with Gasteiger partial charge in [0.05, 0.1) is 52.7 Å². The van der Waals surface area contributed by atoms with Crippen molar-refractivity contribution in [1.29, 1.82) is 0 Å². The molecule has 3 rings (SSSR count). The molecule has 0 fully saturated rings. The van der Waals surface area contributed by atoms with E-state index in [2.05, 4.69) is 15.9 Å². The van der Waals surface area contributed by atoms with Crippen LogP contribution in [0.5, 0.6) is 34.5 Å². The van der Waals surface area contributed by atoms with Gasteiger partial charge in [0, 0.05) is 17.5 Å². The Labute approximate surface area is 197 Å². The molecule has 1 aliphatic rings. The summed E-state index contributed by atoms with van der Waals surface area (Å²) in [5.41, 5.74) is 2.31. The molecular weight excluding hydrogens is 480 g/mol. The fraction of sp³-hybridized carbons (Fsp3) is 0.500. The van der Waals surface area contributed by atoms with Gasteiger partial charge < -0.3 is 33.5 Å². The van der Waals surface area contributed by atoms with Crippen LogP contribution in [0, 0.1) is 5.92 Å². The van der Waals surface area contributed by atoms with E-state index < -0.39 is 5.60 Å². The van der Waals surface area contributed by atoms with E-state index in [0.717, 1.165) is 22.3 Å². The summed E-state index contributed by atoms with van der Waals surface area (Å²) < 4.78 is 35.1. The van der Waals surface area contributed by atoms with Gasteiger partial charge in [-0.15, -0.1) is 0 Å². The van der Waals surface area contributed by atoms with Crippen molar-refractivity contribution in [2.24, 2.45) is 5.92 Å². The van der Waals surface area contributed by atoms with Crippen LogP contribution >= 0.6 is 15.9 Å². The van der Waals surface area contributed by atoms with Gasteiger partial charge in [-0.25, -0.2) is 0 Å². The average Bonchev–Trinajstić information content (AvgIpc) is 2.78. The van der Waals surface area contributed by atoms with Crippen LogP contribution in [0.15, 0.2) is 10.5 Å². The molecule has 1 N–H and O–H groups in total. The van der Waals surface area contributed by atoms with E-state index in [1.807, 2.05) is 19.9 Å². The molecule has 0 unspecified atom stereocenters. The van der Waals surface area contributed by atoms with Gasteiger partial charge in [-0.3, -0.25) is 0 Å². The van der Waals surface area contributed by atoms with Gasteiger partial charge in [-0.2, -0.15) is 0 Å². The van der Waals surface area contributed by atoms with E-state index in [9.17, 15) is 5.11 Å². The molecule has 176 valence electrons. The lowest BCUT2D eigenvalue weighted by molar-refractivity contribution is 0.00613. The predicted octanol–water partition coefficient (Wildman–Crippen LogP) is 4.65. The van der Waals surface area contributed by atoms with Crippen LogP contribution < -0.4 is 28.4 Å². The minimum atomic E-state index is -1.00. The summed E-state index contributed by atoms with van der Waals surface area (Å²) in [5.74, 6) is 2.91. The third kappa shape index (κ3) is 3.73. The topological polar surface area (TPSA) is 75.6 Å². The Hall–Kier alpha value is -2.32. The first-order valence-electron chi connectivity index (χ1n) is 10.2. The molecule has 0 heterocycles. The Morgan fingerprint density at radius 3 is 1.84 bits per heavy atom. The highest BCUT2D eigenvalue weighted by Crippen LogP contribution is 2.58. The molecule has 0 bridgehead atoms. The molecule has 7 nitrogen and oxygen atoms in total. The SMILES string of the molecule is COc1cc2c(c(OC)c1OC)-c1c(c(Br)c(OC)c(OC)c1OC)C[C@@](C)(O)[C@H](C)C2. The molecule has 0 aliphatic heterocycles. The smallest absolute Gasteiger partial charge is 0.205 e. The number of benzene rings is 2. The monoisotopic (exact) mass is 510 g/mol. The summed E-state index contributed by atoms with van der Waals surface area (Å²) in [5, 5.41) is 11.4. The van der Waals surface area contributed by atoms with Crippen LogP contribution in [-0.2, 0) is 12.8 Å². The number of halogens is 1. The van der Waals surface area contributed by atoms with Crippen molar-refractivity contribution in [3.8, 4) is 45.6 Å². The Balaban J connectivity index is 2.61. The molecule has 1 aliphatic carbocycles. The summed E-state index contributed by atoms with van der Waals surface area (Å²) in [7, 11) is 9.47.